The van der Waals surface area contributed by atoms with Gasteiger partial charge < -0.3 is 14.4 Å². The molecule has 0 unspecified atom stereocenters. The van der Waals surface area contributed by atoms with Gasteiger partial charge in [-0.05, 0) is 60.4 Å². The second-order valence-electron chi connectivity index (χ2n) is 7.32. The summed E-state index contributed by atoms with van der Waals surface area (Å²) in [5, 5.41) is 0. The highest BCUT2D eigenvalue weighted by Gasteiger charge is 2.35. The van der Waals surface area contributed by atoms with Crippen LogP contribution in [-0.4, -0.2) is 26.8 Å². The first-order valence-electron chi connectivity index (χ1n) is 9.87. The molecule has 1 aliphatic rings. The maximum absolute atomic E-state index is 5.44. The summed E-state index contributed by atoms with van der Waals surface area (Å²) in [6.07, 6.45) is 2.15. The van der Waals surface area contributed by atoms with E-state index in [-0.39, 0.29) is 0 Å². The zero-order valence-corrected chi connectivity index (χ0v) is 16.5. The molecular weight excluding hydrogens is 346 g/mol. The molecule has 0 aromatic heterocycles. The minimum atomic E-state index is 0.405. The second kappa shape index (κ2) is 8.39. The Balaban J connectivity index is 1.66. The Morgan fingerprint density at radius 3 is 2.29 bits per heavy atom. The quantitative estimate of drug-likeness (QED) is 0.584. The van der Waals surface area contributed by atoms with E-state index < -0.39 is 0 Å². The number of nitrogens with zero attached hydrogens (tertiary/aromatic N) is 1. The standard InChI is InChI=1S/C25H27NO2/c1-27-22-13-11-21(12-14-22)26-16-15-24(20-8-4-3-5-9-20)25(26)18-19-7-6-10-23(17-19)28-2/h3-14,17,24-25H,15-16,18H2,1-2H3/t24-,25-/m1/s1. The van der Waals surface area contributed by atoms with E-state index in [9.17, 15) is 0 Å². The van der Waals surface area contributed by atoms with Crippen molar-refractivity contribution in [3.8, 4) is 11.5 Å². The summed E-state index contributed by atoms with van der Waals surface area (Å²) >= 11 is 0. The molecule has 144 valence electrons. The van der Waals surface area contributed by atoms with E-state index in [0.29, 0.717) is 12.0 Å². The molecule has 0 amide bonds. The number of ether oxygens (including phenoxy) is 2. The topological polar surface area (TPSA) is 21.7 Å². The fourth-order valence-corrected chi connectivity index (χ4v) is 4.33. The molecule has 0 radical (unpaired) electrons. The van der Waals surface area contributed by atoms with E-state index in [1.54, 1.807) is 14.2 Å². The summed E-state index contributed by atoms with van der Waals surface area (Å²) in [6, 6.07) is 28.2. The van der Waals surface area contributed by atoms with E-state index in [1.807, 2.05) is 18.2 Å². The zero-order valence-electron chi connectivity index (χ0n) is 16.5. The highest BCUT2D eigenvalue weighted by atomic mass is 16.5. The van der Waals surface area contributed by atoms with Crippen LogP contribution in [0.1, 0.15) is 23.5 Å². The number of hydrogen-bond donors (Lipinski definition) is 0. The van der Waals surface area contributed by atoms with Crippen molar-refractivity contribution in [1.29, 1.82) is 0 Å². The summed E-state index contributed by atoms with van der Waals surface area (Å²) in [6.45, 7) is 1.06. The van der Waals surface area contributed by atoms with Crippen LogP contribution in [0.4, 0.5) is 5.69 Å². The van der Waals surface area contributed by atoms with Crippen molar-refractivity contribution in [3.63, 3.8) is 0 Å². The third kappa shape index (κ3) is 3.84. The Kier molecular flexibility index (Phi) is 5.52. The summed E-state index contributed by atoms with van der Waals surface area (Å²) in [7, 11) is 3.44. The number of benzene rings is 3. The molecule has 3 nitrogen and oxygen atoms in total. The molecule has 4 rings (SSSR count). The Bertz CT molecular complexity index is 892. The lowest BCUT2D eigenvalue weighted by molar-refractivity contribution is 0.414. The van der Waals surface area contributed by atoms with Crippen molar-refractivity contribution < 1.29 is 9.47 Å². The fourth-order valence-electron chi connectivity index (χ4n) is 4.33. The van der Waals surface area contributed by atoms with E-state index in [2.05, 4.69) is 65.6 Å². The Morgan fingerprint density at radius 1 is 0.821 bits per heavy atom. The largest absolute Gasteiger partial charge is 0.497 e. The Labute approximate surface area is 167 Å². The van der Waals surface area contributed by atoms with Crippen LogP contribution in [0.15, 0.2) is 78.9 Å². The first-order valence-corrected chi connectivity index (χ1v) is 9.87. The van der Waals surface area contributed by atoms with Gasteiger partial charge in [-0.15, -0.1) is 0 Å². The van der Waals surface area contributed by atoms with Crippen LogP contribution < -0.4 is 14.4 Å². The maximum Gasteiger partial charge on any atom is 0.119 e. The highest BCUT2D eigenvalue weighted by Crippen LogP contribution is 2.38. The van der Waals surface area contributed by atoms with Crippen LogP contribution in [0.3, 0.4) is 0 Å². The van der Waals surface area contributed by atoms with E-state index in [4.69, 9.17) is 9.47 Å². The third-order valence-corrected chi connectivity index (χ3v) is 5.76. The van der Waals surface area contributed by atoms with Gasteiger partial charge in [0.25, 0.3) is 0 Å². The number of anilines is 1. The Morgan fingerprint density at radius 2 is 1.57 bits per heavy atom. The van der Waals surface area contributed by atoms with Gasteiger partial charge >= 0.3 is 0 Å². The predicted molar refractivity (Wildman–Crippen MR) is 115 cm³/mol. The van der Waals surface area contributed by atoms with Crippen molar-refractivity contribution in [2.45, 2.75) is 24.8 Å². The van der Waals surface area contributed by atoms with E-state index in [1.165, 1.54) is 16.8 Å². The van der Waals surface area contributed by atoms with Crippen LogP contribution in [0, 0.1) is 0 Å². The fraction of sp³-hybridized carbons (Fsp3) is 0.280. The molecule has 1 aliphatic heterocycles. The second-order valence-corrected chi connectivity index (χ2v) is 7.32. The molecule has 3 aromatic rings. The summed E-state index contributed by atoms with van der Waals surface area (Å²) in [5.41, 5.74) is 3.99. The van der Waals surface area contributed by atoms with Gasteiger partial charge in [0.2, 0.25) is 0 Å². The minimum absolute atomic E-state index is 0.405. The monoisotopic (exact) mass is 373 g/mol. The Hall–Kier alpha value is -2.94. The molecule has 2 atom stereocenters. The molecule has 3 aromatic carbocycles. The highest BCUT2D eigenvalue weighted by molar-refractivity contribution is 5.53. The molecular formula is C25H27NO2. The van der Waals surface area contributed by atoms with Crippen molar-refractivity contribution in [2.24, 2.45) is 0 Å². The van der Waals surface area contributed by atoms with E-state index in [0.717, 1.165) is 30.9 Å². The van der Waals surface area contributed by atoms with Gasteiger partial charge in [-0.1, -0.05) is 42.5 Å². The van der Waals surface area contributed by atoms with Crippen LogP contribution in [0.2, 0.25) is 0 Å². The van der Waals surface area contributed by atoms with Crippen molar-refractivity contribution >= 4 is 5.69 Å². The zero-order chi connectivity index (χ0) is 19.3. The molecule has 0 N–H and O–H groups in total. The molecule has 1 saturated heterocycles. The van der Waals surface area contributed by atoms with Gasteiger partial charge in [-0.3, -0.25) is 0 Å². The minimum Gasteiger partial charge on any atom is -0.497 e. The van der Waals surface area contributed by atoms with Crippen molar-refractivity contribution in [1.82, 2.24) is 0 Å². The molecule has 28 heavy (non-hydrogen) atoms. The summed E-state index contributed by atoms with van der Waals surface area (Å²) in [5.74, 6) is 2.32. The van der Waals surface area contributed by atoms with Crippen LogP contribution in [0.25, 0.3) is 0 Å². The normalized spacial score (nSPS) is 18.9. The molecule has 0 bridgehead atoms. The van der Waals surface area contributed by atoms with E-state index >= 15 is 0 Å². The molecule has 0 aliphatic carbocycles. The van der Waals surface area contributed by atoms with Crippen molar-refractivity contribution in [3.05, 3.63) is 90.0 Å². The van der Waals surface area contributed by atoms with Gasteiger partial charge in [-0.2, -0.15) is 0 Å². The molecule has 3 heteroatoms. The lowest BCUT2D eigenvalue weighted by atomic mass is 9.88. The average Bonchev–Trinajstić information content (AvgIpc) is 3.18. The van der Waals surface area contributed by atoms with Crippen LogP contribution >= 0.6 is 0 Å². The van der Waals surface area contributed by atoms with Crippen LogP contribution in [-0.2, 0) is 6.42 Å². The molecule has 0 spiro atoms. The van der Waals surface area contributed by atoms with Gasteiger partial charge in [0, 0.05) is 24.2 Å². The first kappa shape index (κ1) is 18.4. The number of hydrogen-bond acceptors (Lipinski definition) is 3. The van der Waals surface area contributed by atoms with Gasteiger partial charge in [0.15, 0.2) is 0 Å². The van der Waals surface area contributed by atoms with Crippen molar-refractivity contribution in [2.75, 3.05) is 25.7 Å². The lowest BCUT2D eigenvalue weighted by Crippen LogP contribution is -2.34. The van der Waals surface area contributed by atoms with Gasteiger partial charge in [0.05, 0.1) is 14.2 Å². The first-order chi connectivity index (χ1) is 13.8. The SMILES string of the molecule is COc1ccc(N2CC[C@H](c3ccccc3)[C@H]2Cc2cccc(OC)c2)cc1. The molecule has 1 fully saturated rings. The van der Waals surface area contributed by atoms with Crippen LogP contribution in [0.5, 0.6) is 11.5 Å². The number of methoxy groups -OCH3 is 2. The number of rotatable bonds is 6. The molecule has 1 heterocycles. The lowest BCUT2D eigenvalue weighted by Gasteiger charge is -2.31. The molecule has 0 saturated carbocycles. The average molecular weight is 373 g/mol. The predicted octanol–water partition coefficient (Wildman–Crippen LogP) is 5.31. The van der Waals surface area contributed by atoms with Gasteiger partial charge in [-0.25, -0.2) is 0 Å². The summed E-state index contributed by atoms with van der Waals surface area (Å²) < 4.78 is 10.8. The summed E-state index contributed by atoms with van der Waals surface area (Å²) in [4.78, 5) is 2.55. The van der Waals surface area contributed by atoms with Gasteiger partial charge in [0.1, 0.15) is 11.5 Å². The third-order valence-electron chi connectivity index (χ3n) is 5.76. The maximum atomic E-state index is 5.44. The smallest absolute Gasteiger partial charge is 0.119 e.